The molecule has 28 heavy (non-hydrogen) atoms. The van der Waals surface area contributed by atoms with Crippen LogP contribution in [0.1, 0.15) is 24.5 Å². The molecule has 0 saturated heterocycles. The van der Waals surface area contributed by atoms with E-state index in [2.05, 4.69) is 53.4 Å². The molecule has 0 amide bonds. The highest BCUT2D eigenvalue weighted by atomic mass is 16.5. The van der Waals surface area contributed by atoms with Gasteiger partial charge in [0.15, 0.2) is 0 Å². The average Bonchev–Trinajstić information content (AvgIpc) is 3.34. The summed E-state index contributed by atoms with van der Waals surface area (Å²) in [5.74, 6) is -0.139. The molecule has 0 heterocycles. The second kappa shape index (κ2) is 10.4. The first kappa shape index (κ1) is 19.8. The van der Waals surface area contributed by atoms with Gasteiger partial charge in [0.05, 0.1) is 0 Å². The Labute approximate surface area is 167 Å². The first-order valence-corrected chi connectivity index (χ1v) is 9.81. The molecule has 2 aliphatic carbocycles. The van der Waals surface area contributed by atoms with Crippen LogP contribution in [0.25, 0.3) is 11.1 Å². The maximum Gasteiger partial charge on any atom is 0.305 e. The number of carbonyl (C=O) groups is 1. The summed E-state index contributed by atoms with van der Waals surface area (Å²) in [7, 11) is 0. The maximum absolute atomic E-state index is 11.3. The van der Waals surface area contributed by atoms with Crippen molar-refractivity contribution in [2.24, 2.45) is 0 Å². The summed E-state index contributed by atoms with van der Waals surface area (Å²) >= 11 is 0. The summed E-state index contributed by atoms with van der Waals surface area (Å²) < 4.78 is 5.22. The number of fused-ring (bicyclic) bond motifs is 1. The van der Waals surface area contributed by atoms with Crippen molar-refractivity contribution in [3.8, 4) is 11.1 Å². The van der Waals surface area contributed by atoms with E-state index in [1.54, 1.807) is 0 Å². The summed E-state index contributed by atoms with van der Waals surface area (Å²) in [6.45, 7) is 4.68. The van der Waals surface area contributed by atoms with Crippen LogP contribution in [0, 0.1) is 0 Å². The predicted molar refractivity (Wildman–Crippen MR) is 114 cm³/mol. The quantitative estimate of drug-likeness (QED) is 0.392. The second-order valence-corrected chi connectivity index (χ2v) is 6.84. The lowest BCUT2D eigenvalue weighted by Crippen LogP contribution is -2.27. The Morgan fingerprint density at radius 3 is 1.71 bits per heavy atom. The van der Waals surface area contributed by atoms with E-state index in [1.807, 2.05) is 43.3 Å². The largest absolute Gasteiger partial charge is 0.464 e. The van der Waals surface area contributed by atoms with Crippen LogP contribution in [0.2, 0.25) is 0 Å². The number of hydrogen-bond acceptors (Lipinski definition) is 3. The molecule has 0 aliphatic heterocycles. The third-order valence-corrected chi connectivity index (χ3v) is 4.57. The SMILES string of the molecule is CCC(=O)OCCN(Cc1ccccc1)Cc1ccccc1.c1cc2cc-2c1. The molecular formula is C25H27NO2. The molecule has 4 rings (SSSR count). The molecule has 0 unspecified atom stereocenters. The molecule has 0 radical (unpaired) electrons. The smallest absolute Gasteiger partial charge is 0.305 e. The van der Waals surface area contributed by atoms with E-state index >= 15 is 0 Å². The van der Waals surface area contributed by atoms with Crippen LogP contribution in [0.3, 0.4) is 0 Å². The number of ether oxygens (including phenoxy) is 1. The van der Waals surface area contributed by atoms with Crippen LogP contribution in [0.5, 0.6) is 0 Å². The zero-order chi connectivity index (χ0) is 19.6. The zero-order valence-electron chi connectivity index (χ0n) is 16.4. The summed E-state index contributed by atoms with van der Waals surface area (Å²) in [4.78, 5) is 13.6. The van der Waals surface area contributed by atoms with Gasteiger partial charge in [-0.25, -0.2) is 0 Å². The Kier molecular flexibility index (Phi) is 7.39. The number of hydrogen-bond donors (Lipinski definition) is 0. The van der Waals surface area contributed by atoms with Crippen molar-refractivity contribution in [2.45, 2.75) is 26.4 Å². The Bertz CT molecular complexity index is 803. The van der Waals surface area contributed by atoms with E-state index in [1.165, 1.54) is 22.3 Å². The normalized spacial score (nSPS) is 10.8. The van der Waals surface area contributed by atoms with E-state index < -0.39 is 0 Å². The molecule has 2 aliphatic rings. The van der Waals surface area contributed by atoms with Crippen molar-refractivity contribution in [1.29, 1.82) is 0 Å². The lowest BCUT2D eigenvalue weighted by Gasteiger charge is -2.22. The first-order valence-electron chi connectivity index (χ1n) is 9.81. The third kappa shape index (κ3) is 6.67. The molecule has 0 aromatic heterocycles. The lowest BCUT2D eigenvalue weighted by molar-refractivity contribution is -0.143. The fourth-order valence-electron chi connectivity index (χ4n) is 2.96. The van der Waals surface area contributed by atoms with E-state index in [0.29, 0.717) is 13.0 Å². The molecule has 0 fully saturated rings. The highest BCUT2D eigenvalue weighted by Gasteiger charge is 2.09. The van der Waals surface area contributed by atoms with E-state index in [4.69, 9.17) is 4.74 Å². The van der Waals surface area contributed by atoms with Crippen LogP contribution in [-0.4, -0.2) is 24.0 Å². The van der Waals surface area contributed by atoms with Gasteiger partial charge in [0.25, 0.3) is 0 Å². The number of nitrogens with zero attached hydrogens (tertiary/aromatic N) is 1. The Morgan fingerprint density at radius 2 is 1.32 bits per heavy atom. The van der Waals surface area contributed by atoms with Crippen LogP contribution < -0.4 is 0 Å². The molecule has 0 saturated carbocycles. The topological polar surface area (TPSA) is 29.5 Å². The zero-order valence-corrected chi connectivity index (χ0v) is 16.4. The van der Waals surface area contributed by atoms with Crippen molar-refractivity contribution in [2.75, 3.05) is 13.2 Å². The molecule has 0 atom stereocenters. The van der Waals surface area contributed by atoms with Crippen molar-refractivity contribution < 1.29 is 9.53 Å². The lowest BCUT2D eigenvalue weighted by atomic mass is 10.1. The van der Waals surface area contributed by atoms with Gasteiger partial charge in [-0.05, 0) is 28.3 Å². The number of carbonyl (C=O) groups excluding carboxylic acids is 1. The number of benzene rings is 3. The predicted octanol–water partition coefficient (Wildman–Crippen LogP) is 5.31. The Hall–Kier alpha value is -2.91. The number of rotatable bonds is 8. The van der Waals surface area contributed by atoms with Gasteiger partial charge in [0.2, 0.25) is 0 Å². The van der Waals surface area contributed by atoms with E-state index in [9.17, 15) is 4.79 Å². The Balaban J connectivity index is 0.000000311. The van der Waals surface area contributed by atoms with Crippen LogP contribution in [0.15, 0.2) is 84.9 Å². The Morgan fingerprint density at radius 1 is 0.786 bits per heavy atom. The number of esters is 1. The molecule has 3 nitrogen and oxygen atoms in total. The van der Waals surface area contributed by atoms with E-state index in [0.717, 1.165) is 19.6 Å². The fraction of sp³-hybridized carbons (Fsp3) is 0.240. The van der Waals surface area contributed by atoms with Gasteiger partial charge in [-0.2, -0.15) is 0 Å². The highest BCUT2D eigenvalue weighted by molar-refractivity contribution is 5.80. The standard InChI is InChI=1S/C19H23NO2.C6H4/c1-2-19(21)22-14-13-20(15-17-9-5-3-6-10-17)16-18-11-7-4-8-12-18;1-2-5-4-6(5)3-1/h3-12H,2,13-16H2,1H3;1-4H. The maximum atomic E-state index is 11.3. The molecule has 0 bridgehead atoms. The molecule has 2 aromatic rings. The van der Waals surface area contributed by atoms with Gasteiger partial charge < -0.3 is 4.74 Å². The minimum atomic E-state index is -0.139. The molecule has 0 spiro atoms. The van der Waals surface area contributed by atoms with Gasteiger partial charge in [-0.1, -0.05) is 85.8 Å². The van der Waals surface area contributed by atoms with Crippen molar-refractivity contribution in [3.63, 3.8) is 0 Å². The molecular weight excluding hydrogens is 346 g/mol. The second-order valence-electron chi connectivity index (χ2n) is 6.84. The van der Waals surface area contributed by atoms with Crippen molar-refractivity contribution in [3.05, 3.63) is 96.1 Å². The van der Waals surface area contributed by atoms with Crippen molar-refractivity contribution in [1.82, 2.24) is 4.90 Å². The highest BCUT2D eigenvalue weighted by Crippen LogP contribution is 2.32. The minimum Gasteiger partial charge on any atom is -0.464 e. The first-order chi connectivity index (χ1) is 13.7. The molecule has 0 N–H and O–H groups in total. The van der Waals surface area contributed by atoms with Gasteiger partial charge in [0, 0.05) is 26.1 Å². The monoisotopic (exact) mass is 373 g/mol. The summed E-state index contributed by atoms with van der Waals surface area (Å²) in [6, 6.07) is 29.2. The van der Waals surface area contributed by atoms with E-state index in [-0.39, 0.29) is 5.97 Å². The summed E-state index contributed by atoms with van der Waals surface area (Å²) in [5.41, 5.74) is 5.38. The van der Waals surface area contributed by atoms with Crippen LogP contribution in [0.4, 0.5) is 0 Å². The molecule has 3 heteroatoms. The fourth-order valence-corrected chi connectivity index (χ4v) is 2.96. The summed E-state index contributed by atoms with van der Waals surface area (Å²) in [6.07, 6.45) is 0.428. The molecule has 144 valence electrons. The molecule has 2 aromatic carbocycles. The van der Waals surface area contributed by atoms with Crippen LogP contribution >= 0.6 is 0 Å². The van der Waals surface area contributed by atoms with Gasteiger partial charge in [-0.15, -0.1) is 0 Å². The van der Waals surface area contributed by atoms with Crippen molar-refractivity contribution >= 4 is 5.97 Å². The third-order valence-electron chi connectivity index (χ3n) is 4.57. The van der Waals surface area contributed by atoms with Gasteiger partial charge >= 0.3 is 5.97 Å². The van der Waals surface area contributed by atoms with Gasteiger partial charge in [-0.3, -0.25) is 9.69 Å². The van der Waals surface area contributed by atoms with Crippen LogP contribution in [-0.2, 0) is 22.6 Å². The van der Waals surface area contributed by atoms with Gasteiger partial charge in [0.1, 0.15) is 6.61 Å². The summed E-state index contributed by atoms with van der Waals surface area (Å²) in [5, 5.41) is 0. The minimum absolute atomic E-state index is 0.139. The average molecular weight is 373 g/mol.